The van der Waals surface area contributed by atoms with Crippen LogP contribution in [0.25, 0.3) is 0 Å². The molecule has 0 aliphatic heterocycles. The van der Waals surface area contributed by atoms with Crippen molar-refractivity contribution in [3.63, 3.8) is 0 Å². The van der Waals surface area contributed by atoms with Crippen LogP contribution < -0.4 is 0 Å². The molecule has 3 heteroatoms. The van der Waals surface area contributed by atoms with Gasteiger partial charge >= 0.3 is 0 Å². The van der Waals surface area contributed by atoms with Gasteiger partial charge in [0, 0.05) is 25.2 Å². The van der Waals surface area contributed by atoms with Crippen LogP contribution >= 0.6 is 0 Å². The SMILES string of the molecule is CCOCCCC(=O)c1cccc(F)c1. The summed E-state index contributed by atoms with van der Waals surface area (Å²) in [5.41, 5.74) is 0.437. The van der Waals surface area contributed by atoms with Gasteiger partial charge in [0.2, 0.25) is 0 Å². The van der Waals surface area contributed by atoms with Gasteiger partial charge in [-0.3, -0.25) is 4.79 Å². The third-order valence-corrected chi connectivity index (χ3v) is 2.04. The molecule has 0 N–H and O–H groups in total. The number of ether oxygens (including phenoxy) is 1. The molecule has 1 aromatic carbocycles. The van der Waals surface area contributed by atoms with Gasteiger partial charge in [-0.25, -0.2) is 4.39 Å². The zero-order valence-electron chi connectivity index (χ0n) is 8.83. The van der Waals surface area contributed by atoms with Gasteiger partial charge in [-0.05, 0) is 25.5 Å². The van der Waals surface area contributed by atoms with Crippen LogP contribution in [-0.2, 0) is 4.74 Å². The minimum atomic E-state index is -0.370. The monoisotopic (exact) mass is 210 g/mol. The lowest BCUT2D eigenvalue weighted by atomic mass is 10.1. The fourth-order valence-corrected chi connectivity index (χ4v) is 1.29. The second-order valence-electron chi connectivity index (χ2n) is 3.23. The Bertz CT molecular complexity index is 323. The summed E-state index contributed by atoms with van der Waals surface area (Å²) in [5, 5.41) is 0. The molecule has 0 radical (unpaired) electrons. The highest BCUT2D eigenvalue weighted by molar-refractivity contribution is 5.95. The van der Waals surface area contributed by atoms with Crippen molar-refractivity contribution in [3.8, 4) is 0 Å². The van der Waals surface area contributed by atoms with Crippen molar-refractivity contribution < 1.29 is 13.9 Å². The van der Waals surface area contributed by atoms with Gasteiger partial charge in [0.1, 0.15) is 5.82 Å². The van der Waals surface area contributed by atoms with Crippen LogP contribution in [0.3, 0.4) is 0 Å². The van der Waals surface area contributed by atoms with E-state index in [1.807, 2.05) is 6.92 Å². The molecule has 15 heavy (non-hydrogen) atoms. The Labute approximate surface area is 89.1 Å². The first-order chi connectivity index (χ1) is 7.24. The topological polar surface area (TPSA) is 26.3 Å². The third-order valence-electron chi connectivity index (χ3n) is 2.04. The molecular formula is C12H15FO2. The van der Waals surface area contributed by atoms with Crippen LogP contribution in [0.5, 0.6) is 0 Å². The zero-order chi connectivity index (χ0) is 11.1. The molecule has 0 bridgehead atoms. The average Bonchev–Trinajstić information content (AvgIpc) is 2.24. The summed E-state index contributed by atoms with van der Waals surface area (Å²) in [4.78, 5) is 11.5. The average molecular weight is 210 g/mol. The Morgan fingerprint density at radius 2 is 2.27 bits per heavy atom. The number of Topliss-reactive ketones (excluding diaryl/α,β-unsaturated/α-hetero) is 1. The summed E-state index contributed by atoms with van der Waals surface area (Å²) >= 11 is 0. The van der Waals surface area contributed by atoms with E-state index >= 15 is 0 Å². The fraction of sp³-hybridized carbons (Fsp3) is 0.417. The maximum atomic E-state index is 12.8. The van der Waals surface area contributed by atoms with E-state index in [9.17, 15) is 9.18 Å². The number of carbonyl (C=O) groups is 1. The lowest BCUT2D eigenvalue weighted by Gasteiger charge is -2.01. The van der Waals surface area contributed by atoms with Crippen LogP contribution in [0.1, 0.15) is 30.1 Å². The number of hydrogen-bond acceptors (Lipinski definition) is 2. The maximum absolute atomic E-state index is 12.8. The predicted molar refractivity (Wildman–Crippen MR) is 56.5 cm³/mol. The minimum Gasteiger partial charge on any atom is -0.382 e. The number of benzene rings is 1. The Morgan fingerprint density at radius 1 is 1.47 bits per heavy atom. The standard InChI is InChI=1S/C12H15FO2/c1-2-15-8-4-7-12(14)10-5-3-6-11(13)9-10/h3,5-6,9H,2,4,7-8H2,1H3. The number of halogens is 1. The summed E-state index contributed by atoms with van der Waals surface area (Å²) in [6.07, 6.45) is 1.09. The second-order valence-corrected chi connectivity index (χ2v) is 3.23. The molecular weight excluding hydrogens is 195 g/mol. The van der Waals surface area contributed by atoms with Crippen LogP contribution in [-0.4, -0.2) is 19.0 Å². The van der Waals surface area contributed by atoms with Crippen molar-refractivity contribution in [2.75, 3.05) is 13.2 Å². The molecule has 0 unspecified atom stereocenters. The van der Waals surface area contributed by atoms with E-state index in [2.05, 4.69) is 0 Å². The number of carbonyl (C=O) groups excluding carboxylic acids is 1. The maximum Gasteiger partial charge on any atom is 0.163 e. The Hall–Kier alpha value is -1.22. The summed E-state index contributed by atoms with van der Waals surface area (Å²) in [5.74, 6) is -0.403. The van der Waals surface area contributed by atoms with Crippen LogP contribution in [0, 0.1) is 5.82 Å². The van der Waals surface area contributed by atoms with E-state index in [0.29, 0.717) is 31.6 Å². The van der Waals surface area contributed by atoms with Crippen LogP contribution in [0.2, 0.25) is 0 Å². The first-order valence-corrected chi connectivity index (χ1v) is 5.10. The molecule has 0 saturated carbocycles. The van der Waals surface area contributed by atoms with E-state index in [-0.39, 0.29) is 11.6 Å². The van der Waals surface area contributed by atoms with Gasteiger partial charge in [-0.2, -0.15) is 0 Å². The first-order valence-electron chi connectivity index (χ1n) is 5.10. The summed E-state index contributed by atoms with van der Waals surface area (Å²) in [6, 6.07) is 5.77. The highest BCUT2D eigenvalue weighted by atomic mass is 19.1. The lowest BCUT2D eigenvalue weighted by Crippen LogP contribution is -2.02. The molecule has 0 amide bonds. The van der Waals surface area contributed by atoms with E-state index in [4.69, 9.17) is 4.74 Å². The molecule has 0 saturated heterocycles. The van der Waals surface area contributed by atoms with E-state index < -0.39 is 0 Å². The fourth-order valence-electron chi connectivity index (χ4n) is 1.29. The Balaban J connectivity index is 2.40. The Morgan fingerprint density at radius 3 is 2.93 bits per heavy atom. The highest BCUT2D eigenvalue weighted by Crippen LogP contribution is 2.07. The van der Waals surface area contributed by atoms with Crippen LogP contribution in [0.4, 0.5) is 4.39 Å². The van der Waals surface area contributed by atoms with Crippen molar-refractivity contribution >= 4 is 5.78 Å². The summed E-state index contributed by atoms with van der Waals surface area (Å²) in [6.45, 7) is 3.15. The summed E-state index contributed by atoms with van der Waals surface area (Å²) < 4.78 is 17.9. The highest BCUT2D eigenvalue weighted by Gasteiger charge is 2.05. The zero-order valence-corrected chi connectivity index (χ0v) is 8.83. The molecule has 0 fully saturated rings. The smallest absolute Gasteiger partial charge is 0.163 e. The predicted octanol–water partition coefficient (Wildman–Crippen LogP) is 2.83. The first kappa shape index (κ1) is 11.9. The summed E-state index contributed by atoms with van der Waals surface area (Å²) in [7, 11) is 0. The molecule has 0 aliphatic rings. The molecule has 0 aromatic heterocycles. The van der Waals surface area contributed by atoms with Gasteiger partial charge in [0.25, 0.3) is 0 Å². The van der Waals surface area contributed by atoms with Crippen molar-refractivity contribution in [2.45, 2.75) is 19.8 Å². The van der Waals surface area contributed by atoms with E-state index in [1.165, 1.54) is 12.1 Å². The number of hydrogen-bond donors (Lipinski definition) is 0. The van der Waals surface area contributed by atoms with E-state index in [1.54, 1.807) is 12.1 Å². The molecule has 1 aromatic rings. The van der Waals surface area contributed by atoms with Crippen molar-refractivity contribution in [1.29, 1.82) is 0 Å². The molecule has 0 atom stereocenters. The Kier molecular flexibility index (Phi) is 4.98. The molecule has 82 valence electrons. The van der Waals surface area contributed by atoms with Gasteiger partial charge in [-0.15, -0.1) is 0 Å². The molecule has 1 rings (SSSR count). The molecule has 2 nitrogen and oxygen atoms in total. The van der Waals surface area contributed by atoms with Crippen LogP contribution in [0.15, 0.2) is 24.3 Å². The quantitative estimate of drug-likeness (QED) is 0.533. The van der Waals surface area contributed by atoms with Gasteiger partial charge in [0.15, 0.2) is 5.78 Å². The lowest BCUT2D eigenvalue weighted by molar-refractivity contribution is 0.0946. The van der Waals surface area contributed by atoms with Gasteiger partial charge < -0.3 is 4.74 Å². The van der Waals surface area contributed by atoms with E-state index in [0.717, 1.165) is 0 Å². The van der Waals surface area contributed by atoms with Gasteiger partial charge in [0.05, 0.1) is 0 Å². The van der Waals surface area contributed by atoms with Crippen molar-refractivity contribution in [3.05, 3.63) is 35.6 Å². The number of ketones is 1. The molecule has 0 aliphatic carbocycles. The second kappa shape index (κ2) is 6.30. The molecule has 0 spiro atoms. The van der Waals surface area contributed by atoms with Gasteiger partial charge in [-0.1, -0.05) is 12.1 Å². The van der Waals surface area contributed by atoms with Crippen molar-refractivity contribution in [1.82, 2.24) is 0 Å². The normalized spacial score (nSPS) is 10.3. The minimum absolute atomic E-state index is 0.0331. The van der Waals surface area contributed by atoms with Crippen molar-refractivity contribution in [2.24, 2.45) is 0 Å². The molecule has 0 heterocycles. The number of rotatable bonds is 6. The third kappa shape index (κ3) is 4.21. The largest absolute Gasteiger partial charge is 0.382 e.